The minimum absolute atomic E-state index is 0.766. The Bertz CT molecular complexity index is 371. The van der Waals surface area contributed by atoms with Gasteiger partial charge in [0.1, 0.15) is 0 Å². The van der Waals surface area contributed by atoms with Crippen LogP contribution in [0, 0.1) is 0 Å². The standard InChI is InChI=1S/C13H33N5.C13H34N5/c14-6-3-10-17-9-1-2-11-18(12-4-7-15)13-5-8-16;14-6-1-2-10-18(11-3-7-15,12-4-8-16)13-5-9-17/h17H,1-16H2;1-17H2/q;+1. The Labute approximate surface area is 224 Å². The SMILES string of the molecule is NCCCC[N+](CCCN)(CCCN)CCCN.NCCCNCCCCN(CCCN)CCCN. The maximum atomic E-state index is 5.67. The minimum atomic E-state index is 0.766. The maximum Gasteiger partial charge on any atom is 0.0798 e. The molecule has 10 heteroatoms. The zero-order chi connectivity index (χ0) is 27.2. The first-order valence-corrected chi connectivity index (χ1v) is 14.8. The summed E-state index contributed by atoms with van der Waals surface area (Å²) in [5.41, 5.74) is 39.1. The molecule has 0 saturated carbocycles. The van der Waals surface area contributed by atoms with Gasteiger partial charge < -0.3 is 54.8 Å². The van der Waals surface area contributed by atoms with E-state index >= 15 is 0 Å². The van der Waals surface area contributed by atoms with Crippen molar-refractivity contribution >= 4 is 0 Å². The second-order valence-electron chi connectivity index (χ2n) is 9.88. The molecule has 0 saturated heterocycles. The highest BCUT2D eigenvalue weighted by atomic mass is 15.3. The molecule has 0 radical (unpaired) electrons. The van der Waals surface area contributed by atoms with E-state index in [2.05, 4.69) is 10.2 Å². The number of unbranched alkanes of at least 4 members (excludes halogenated alkanes) is 2. The number of quaternary nitrogens is 1. The molecule has 220 valence electrons. The third-order valence-electron chi connectivity index (χ3n) is 6.59. The monoisotopic (exact) mass is 520 g/mol. The molecule has 0 unspecified atom stereocenters. The van der Waals surface area contributed by atoms with Crippen LogP contribution in [0.25, 0.3) is 0 Å². The van der Waals surface area contributed by atoms with E-state index in [1.807, 2.05) is 0 Å². The number of hydrogen-bond acceptors (Lipinski definition) is 9. The average Bonchev–Trinajstić information content (AvgIpc) is 2.90. The molecule has 0 amide bonds. The van der Waals surface area contributed by atoms with E-state index in [-0.39, 0.29) is 0 Å². The van der Waals surface area contributed by atoms with Gasteiger partial charge in [-0.05, 0) is 123 Å². The molecule has 36 heavy (non-hydrogen) atoms. The number of rotatable bonds is 27. The normalized spacial score (nSPS) is 11.7. The Morgan fingerprint density at radius 1 is 0.389 bits per heavy atom. The van der Waals surface area contributed by atoms with E-state index in [0.29, 0.717) is 0 Å². The summed E-state index contributed by atoms with van der Waals surface area (Å²) in [6.45, 7) is 15.6. The van der Waals surface area contributed by atoms with Gasteiger partial charge in [-0.1, -0.05) is 0 Å². The molecule has 10 nitrogen and oxygen atoms in total. The van der Waals surface area contributed by atoms with Crippen molar-refractivity contribution in [3.05, 3.63) is 0 Å². The predicted octanol–water partition coefficient (Wildman–Crippen LogP) is -0.707. The van der Waals surface area contributed by atoms with Gasteiger partial charge in [0.2, 0.25) is 0 Å². The van der Waals surface area contributed by atoms with Gasteiger partial charge in [-0.15, -0.1) is 0 Å². The lowest BCUT2D eigenvalue weighted by atomic mass is 10.1. The fraction of sp³-hybridized carbons (Fsp3) is 1.00. The summed E-state index contributed by atoms with van der Waals surface area (Å²) in [4.78, 5) is 2.49. The largest absolute Gasteiger partial charge is 0.330 e. The van der Waals surface area contributed by atoms with E-state index < -0.39 is 0 Å². The lowest BCUT2D eigenvalue weighted by Gasteiger charge is -2.39. The zero-order valence-corrected chi connectivity index (χ0v) is 23.8. The second-order valence-corrected chi connectivity index (χ2v) is 9.88. The highest BCUT2D eigenvalue weighted by Gasteiger charge is 2.25. The van der Waals surface area contributed by atoms with Gasteiger partial charge in [0.05, 0.1) is 26.2 Å². The van der Waals surface area contributed by atoms with E-state index in [1.54, 1.807) is 0 Å². The summed E-state index contributed by atoms with van der Waals surface area (Å²) in [6.07, 6.45) is 11.2. The lowest BCUT2D eigenvalue weighted by Crippen LogP contribution is -2.52. The molecule has 0 spiro atoms. The molecule has 0 aromatic rings. The topological polar surface area (TPSA) is 197 Å². The Morgan fingerprint density at radius 3 is 1.22 bits per heavy atom. The van der Waals surface area contributed by atoms with Gasteiger partial charge >= 0.3 is 0 Å². The van der Waals surface area contributed by atoms with Gasteiger partial charge in [-0.2, -0.15) is 0 Å². The fourth-order valence-corrected chi connectivity index (χ4v) is 4.45. The Balaban J connectivity index is 0. The molecule has 0 aromatic heterocycles. The number of nitrogens with zero attached hydrogens (tertiary/aromatic N) is 2. The molecular weight excluding hydrogens is 452 g/mol. The molecular formula is C26H67N10+. The third-order valence-corrected chi connectivity index (χ3v) is 6.59. The van der Waals surface area contributed by atoms with Gasteiger partial charge in [0, 0.05) is 19.3 Å². The van der Waals surface area contributed by atoms with E-state index in [1.165, 1.54) is 32.4 Å². The quantitative estimate of drug-likeness (QED) is 0.0510. The first-order chi connectivity index (χ1) is 17.6. The molecule has 0 bridgehead atoms. The van der Waals surface area contributed by atoms with Crippen LogP contribution in [0.4, 0.5) is 0 Å². The zero-order valence-electron chi connectivity index (χ0n) is 23.8. The van der Waals surface area contributed by atoms with Crippen LogP contribution in [0.15, 0.2) is 0 Å². The molecule has 0 aromatic carbocycles. The Kier molecular flexibility index (Phi) is 32.3. The van der Waals surface area contributed by atoms with Gasteiger partial charge in [-0.25, -0.2) is 0 Å². The number of nitrogens with one attached hydrogen (secondary N) is 1. The first kappa shape index (κ1) is 37.8. The van der Waals surface area contributed by atoms with Crippen molar-refractivity contribution < 1.29 is 4.48 Å². The third kappa shape index (κ3) is 25.3. The molecule has 0 heterocycles. The number of hydrogen-bond donors (Lipinski definition) is 8. The number of nitrogens with two attached hydrogens (primary N) is 7. The molecule has 0 aliphatic rings. The molecule has 0 atom stereocenters. The van der Waals surface area contributed by atoms with Crippen LogP contribution in [-0.2, 0) is 0 Å². The van der Waals surface area contributed by atoms with Crippen molar-refractivity contribution in [3.8, 4) is 0 Å². The van der Waals surface area contributed by atoms with Gasteiger partial charge in [0.25, 0.3) is 0 Å². The van der Waals surface area contributed by atoms with E-state index in [9.17, 15) is 0 Å². The van der Waals surface area contributed by atoms with E-state index in [0.717, 1.165) is 141 Å². The van der Waals surface area contributed by atoms with Gasteiger partial charge in [-0.3, -0.25) is 0 Å². The van der Waals surface area contributed by atoms with Crippen molar-refractivity contribution in [2.45, 2.75) is 64.2 Å². The molecule has 0 aliphatic heterocycles. The first-order valence-electron chi connectivity index (χ1n) is 14.8. The summed E-state index contributed by atoms with van der Waals surface area (Å²) in [6, 6.07) is 0. The Hall–Kier alpha value is -0.400. The van der Waals surface area contributed by atoms with Crippen LogP contribution in [0.3, 0.4) is 0 Å². The van der Waals surface area contributed by atoms with Crippen molar-refractivity contribution in [2.75, 3.05) is 105 Å². The highest BCUT2D eigenvalue weighted by Crippen LogP contribution is 2.13. The summed E-state index contributed by atoms with van der Waals surface area (Å²) in [5, 5.41) is 3.41. The average molecular weight is 520 g/mol. The van der Waals surface area contributed by atoms with Crippen LogP contribution in [0.5, 0.6) is 0 Å². The van der Waals surface area contributed by atoms with Crippen LogP contribution in [0.2, 0.25) is 0 Å². The molecule has 0 aliphatic carbocycles. The smallest absolute Gasteiger partial charge is 0.0798 e. The summed E-state index contributed by atoms with van der Waals surface area (Å²) >= 11 is 0. The summed E-state index contributed by atoms with van der Waals surface area (Å²) in [5.74, 6) is 0. The van der Waals surface area contributed by atoms with Crippen LogP contribution in [-0.4, -0.2) is 114 Å². The summed E-state index contributed by atoms with van der Waals surface area (Å²) < 4.78 is 1.13. The molecule has 0 rings (SSSR count). The van der Waals surface area contributed by atoms with Crippen LogP contribution in [0.1, 0.15) is 64.2 Å². The van der Waals surface area contributed by atoms with Crippen LogP contribution < -0.4 is 45.5 Å². The lowest BCUT2D eigenvalue weighted by molar-refractivity contribution is -0.928. The Morgan fingerprint density at radius 2 is 0.778 bits per heavy atom. The minimum Gasteiger partial charge on any atom is -0.330 e. The van der Waals surface area contributed by atoms with Crippen molar-refractivity contribution in [3.63, 3.8) is 0 Å². The van der Waals surface area contributed by atoms with Crippen molar-refractivity contribution in [1.82, 2.24) is 10.2 Å². The molecule has 15 N–H and O–H groups in total. The maximum absolute atomic E-state index is 5.67. The van der Waals surface area contributed by atoms with Crippen molar-refractivity contribution in [2.24, 2.45) is 40.1 Å². The second kappa shape index (κ2) is 30.8. The molecule has 0 fully saturated rings. The van der Waals surface area contributed by atoms with Gasteiger partial charge in [0.15, 0.2) is 0 Å². The van der Waals surface area contributed by atoms with Crippen LogP contribution >= 0.6 is 0 Å². The highest BCUT2D eigenvalue weighted by molar-refractivity contribution is 4.60. The van der Waals surface area contributed by atoms with Crippen molar-refractivity contribution in [1.29, 1.82) is 0 Å². The summed E-state index contributed by atoms with van der Waals surface area (Å²) in [7, 11) is 0. The van der Waals surface area contributed by atoms with E-state index in [4.69, 9.17) is 40.1 Å². The predicted molar refractivity (Wildman–Crippen MR) is 159 cm³/mol. The fourth-order valence-electron chi connectivity index (χ4n) is 4.45.